The Kier molecular flexibility index (Phi) is 6.76. The third-order valence-electron chi connectivity index (χ3n) is 1.54. The Morgan fingerprint density at radius 1 is 1.06 bits per heavy atom. The Bertz CT molecular complexity index is 501. The van der Waals surface area contributed by atoms with Crippen molar-refractivity contribution < 1.29 is 4.79 Å². The lowest BCUT2D eigenvalue weighted by Crippen LogP contribution is -2.17. The summed E-state index contributed by atoms with van der Waals surface area (Å²) in [5, 5.41) is 1.95. The summed E-state index contributed by atoms with van der Waals surface area (Å²) in [6.07, 6.45) is 0. The Hall–Kier alpha value is 0.520. The van der Waals surface area contributed by atoms with E-state index in [0.717, 1.165) is 15.7 Å². The third kappa shape index (κ3) is 5.66. The van der Waals surface area contributed by atoms with Gasteiger partial charge >= 0.3 is 0 Å². The maximum absolute atomic E-state index is 11.2. The van der Waals surface area contributed by atoms with Gasteiger partial charge in [-0.25, -0.2) is 0 Å². The highest BCUT2D eigenvalue weighted by atomic mass is 35.6. The van der Waals surface area contributed by atoms with E-state index in [1.54, 1.807) is 17.4 Å². The molecule has 0 N–H and O–H groups in total. The van der Waals surface area contributed by atoms with Gasteiger partial charge in [-0.2, -0.15) is 0 Å². The van der Waals surface area contributed by atoms with Gasteiger partial charge in [0.05, 0.1) is 13.5 Å². The van der Waals surface area contributed by atoms with Crippen molar-refractivity contribution in [2.24, 2.45) is 0 Å². The van der Waals surface area contributed by atoms with Gasteiger partial charge in [0.15, 0.2) is 0 Å². The van der Waals surface area contributed by atoms with Crippen LogP contribution >= 0.6 is 80.7 Å². The van der Waals surface area contributed by atoms with Crippen LogP contribution in [0.5, 0.6) is 0 Å². The van der Waals surface area contributed by atoms with Gasteiger partial charge in [-0.3, -0.25) is 4.79 Å². The lowest BCUT2D eigenvalue weighted by Gasteiger charge is -2.05. The van der Waals surface area contributed by atoms with Gasteiger partial charge in [0, 0.05) is 0 Å². The standard InChI is InChI=1S/C6H2Cl4OS.C4H3ClS/c7-4-2-1-3(12-4)5(11)6(8,9)10;5-4-2-1-3-6-4/h1-2H;1-3H. The minimum Gasteiger partial charge on any atom is -0.288 e. The van der Waals surface area contributed by atoms with Crippen LogP contribution < -0.4 is 0 Å². The largest absolute Gasteiger partial charge is 0.288 e. The van der Waals surface area contributed by atoms with E-state index in [9.17, 15) is 4.79 Å². The Morgan fingerprint density at radius 2 is 1.72 bits per heavy atom. The van der Waals surface area contributed by atoms with Crippen LogP contribution in [0, 0.1) is 0 Å². The van der Waals surface area contributed by atoms with Crippen molar-refractivity contribution in [3.05, 3.63) is 43.2 Å². The van der Waals surface area contributed by atoms with E-state index < -0.39 is 9.58 Å². The second-order valence-electron chi connectivity index (χ2n) is 2.85. The fourth-order valence-electron chi connectivity index (χ4n) is 0.835. The summed E-state index contributed by atoms with van der Waals surface area (Å²) in [6.45, 7) is 0. The summed E-state index contributed by atoms with van der Waals surface area (Å²) >= 11 is 29.8. The van der Waals surface area contributed by atoms with E-state index in [-0.39, 0.29) is 0 Å². The molecule has 1 nitrogen and oxygen atoms in total. The molecule has 0 aliphatic carbocycles. The molecule has 0 saturated carbocycles. The smallest absolute Gasteiger partial charge is 0.254 e. The lowest BCUT2D eigenvalue weighted by atomic mass is 10.3. The molecule has 0 amide bonds. The first kappa shape index (κ1) is 16.6. The normalized spacial score (nSPS) is 10.7. The van der Waals surface area contributed by atoms with Crippen LogP contribution in [0.2, 0.25) is 8.67 Å². The Labute approximate surface area is 137 Å². The van der Waals surface area contributed by atoms with E-state index in [1.807, 2.05) is 17.5 Å². The fraction of sp³-hybridized carbons (Fsp3) is 0.100. The van der Waals surface area contributed by atoms with Gasteiger partial charge in [0.1, 0.15) is 0 Å². The summed E-state index contributed by atoms with van der Waals surface area (Å²) in [4.78, 5) is 11.6. The molecular weight excluding hydrogens is 378 g/mol. The van der Waals surface area contributed by atoms with Gasteiger partial charge in [0.25, 0.3) is 3.79 Å². The topological polar surface area (TPSA) is 17.1 Å². The van der Waals surface area contributed by atoms with Crippen LogP contribution in [0.1, 0.15) is 9.67 Å². The SMILES string of the molecule is Clc1cccs1.O=C(c1ccc(Cl)s1)C(Cl)(Cl)Cl. The van der Waals surface area contributed by atoms with Crippen LogP contribution in [0.15, 0.2) is 29.6 Å². The minimum atomic E-state index is -1.89. The zero-order valence-corrected chi connectivity index (χ0v) is 13.9. The average Bonchev–Trinajstić information content (AvgIpc) is 2.88. The molecule has 0 spiro atoms. The van der Waals surface area contributed by atoms with Crippen molar-refractivity contribution in [1.82, 2.24) is 0 Å². The van der Waals surface area contributed by atoms with Gasteiger partial charge in [-0.15, -0.1) is 22.7 Å². The van der Waals surface area contributed by atoms with E-state index in [4.69, 9.17) is 58.0 Å². The highest BCUT2D eigenvalue weighted by Gasteiger charge is 2.32. The van der Waals surface area contributed by atoms with Crippen molar-refractivity contribution >= 4 is 86.5 Å². The molecule has 0 aromatic carbocycles. The molecule has 2 aromatic rings. The van der Waals surface area contributed by atoms with Crippen LogP contribution in [0.25, 0.3) is 0 Å². The number of ketones is 1. The molecular formula is C10H5Cl5OS2. The summed E-state index contributed by atoms with van der Waals surface area (Å²) in [5.74, 6) is -0.551. The lowest BCUT2D eigenvalue weighted by molar-refractivity contribution is 0.1000. The molecule has 0 aliphatic heterocycles. The molecule has 0 atom stereocenters. The monoisotopic (exact) mass is 380 g/mol. The number of hydrogen-bond donors (Lipinski definition) is 0. The third-order valence-corrected chi connectivity index (χ3v) is 4.33. The van der Waals surface area contributed by atoms with Crippen LogP contribution in [0.3, 0.4) is 0 Å². The predicted octanol–water partition coefficient (Wildman–Crippen LogP) is 6.36. The number of carbonyl (C=O) groups is 1. The first-order valence-electron chi connectivity index (χ1n) is 4.36. The molecule has 0 aliphatic rings. The minimum absolute atomic E-state index is 0.347. The average molecular weight is 383 g/mol. The second-order valence-corrected chi connectivity index (χ2v) is 8.42. The van der Waals surface area contributed by atoms with E-state index in [1.165, 1.54) is 6.07 Å². The maximum Gasteiger partial charge on any atom is 0.254 e. The molecule has 0 fully saturated rings. The van der Waals surface area contributed by atoms with Crippen LogP contribution in [0.4, 0.5) is 0 Å². The number of thiophene rings is 2. The number of alkyl halides is 3. The summed E-state index contributed by atoms with van der Waals surface area (Å²) in [5.41, 5.74) is 0. The zero-order valence-electron chi connectivity index (χ0n) is 8.50. The molecule has 98 valence electrons. The fourth-order valence-corrected chi connectivity index (χ4v) is 3.02. The van der Waals surface area contributed by atoms with Crippen molar-refractivity contribution in [2.75, 3.05) is 0 Å². The maximum atomic E-state index is 11.2. The first-order chi connectivity index (χ1) is 8.30. The number of rotatable bonds is 1. The quantitative estimate of drug-likeness (QED) is 0.414. The van der Waals surface area contributed by atoms with Crippen LogP contribution in [-0.4, -0.2) is 9.58 Å². The first-order valence-corrected chi connectivity index (χ1v) is 7.95. The summed E-state index contributed by atoms with van der Waals surface area (Å²) in [7, 11) is 0. The highest BCUT2D eigenvalue weighted by Crippen LogP contribution is 2.33. The molecule has 0 bridgehead atoms. The molecule has 8 heteroatoms. The van der Waals surface area contributed by atoms with Crippen LogP contribution in [-0.2, 0) is 0 Å². The summed E-state index contributed by atoms with van der Waals surface area (Å²) in [6, 6.07) is 6.90. The highest BCUT2D eigenvalue weighted by molar-refractivity contribution is 7.18. The number of Topliss-reactive ketones (excluding diaryl/α,β-unsaturated/α-hetero) is 1. The van der Waals surface area contributed by atoms with Gasteiger partial charge in [0.2, 0.25) is 5.78 Å². The van der Waals surface area contributed by atoms with Crippen molar-refractivity contribution in [2.45, 2.75) is 3.79 Å². The molecule has 2 heterocycles. The molecule has 0 radical (unpaired) electrons. The van der Waals surface area contributed by atoms with Gasteiger partial charge < -0.3 is 0 Å². The summed E-state index contributed by atoms with van der Waals surface area (Å²) < 4.78 is -0.545. The molecule has 0 saturated heterocycles. The van der Waals surface area contributed by atoms with E-state index in [0.29, 0.717) is 9.21 Å². The van der Waals surface area contributed by atoms with Crippen molar-refractivity contribution in [3.8, 4) is 0 Å². The van der Waals surface area contributed by atoms with Crippen molar-refractivity contribution in [3.63, 3.8) is 0 Å². The molecule has 2 rings (SSSR count). The number of halogens is 5. The molecule has 0 unspecified atom stereocenters. The van der Waals surface area contributed by atoms with Gasteiger partial charge in [-0.1, -0.05) is 58.0 Å². The Morgan fingerprint density at radius 3 is 2.00 bits per heavy atom. The Balaban J connectivity index is 0.000000225. The van der Waals surface area contributed by atoms with Crippen molar-refractivity contribution in [1.29, 1.82) is 0 Å². The van der Waals surface area contributed by atoms with Gasteiger partial charge in [-0.05, 0) is 29.6 Å². The number of hydrogen-bond acceptors (Lipinski definition) is 3. The predicted molar refractivity (Wildman–Crippen MR) is 83.3 cm³/mol. The molecule has 18 heavy (non-hydrogen) atoms. The molecule has 2 aromatic heterocycles. The van der Waals surface area contributed by atoms with E-state index in [2.05, 4.69) is 0 Å². The second kappa shape index (κ2) is 7.34. The number of carbonyl (C=O) groups excluding carboxylic acids is 1. The van der Waals surface area contributed by atoms with E-state index >= 15 is 0 Å². The zero-order chi connectivity index (χ0) is 13.8.